The van der Waals surface area contributed by atoms with E-state index in [2.05, 4.69) is 9.97 Å². The van der Waals surface area contributed by atoms with Crippen molar-refractivity contribution in [3.05, 3.63) is 83.7 Å². The summed E-state index contributed by atoms with van der Waals surface area (Å²) in [5.74, 6) is -1.93. The van der Waals surface area contributed by atoms with Gasteiger partial charge >= 0.3 is 0 Å². The van der Waals surface area contributed by atoms with Crippen LogP contribution < -0.4 is 0 Å². The lowest BCUT2D eigenvalue weighted by atomic mass is 9.99. The average Bonchev–Trinajstić information content (AvgIpc) is 3.19. The Hall–Kier alpha value is -3.10. The third-order valence-corrected chi connectivity index (χ3v) is 7.03. The van der Waals surface area contributed by atoms with Crippen LogP contribution in [-0.2, 0) is 9.84 Å². The monoisotopic (exact) mass is 442 g/mol. The Balaban J connectivity index is 1.78. The van der Waals surface area contributed by atoms with Gasteiger partial charge in [0.2, 0.25) is 0 Å². The van der Waals surface area contributed by atoms with Crippen LogP contribution in [0.25, 0.3) is 22.2 Å². The highest BCUT2D eigenvalue weighted by Crippen LogP contribution is 2.33. The fourth-order valence-corrected chi connectivity index (χ4v) is 4.44. The molecule has 4 rings (SSSR count). The van der Waals surface area contributed by atoms with Crippen LogP contribution >= 0.6 is 0 Å². The number of halogens is 2. The molecule has 3 aromatic carbocycles. The SMILES string of the molecule is CCS(=O)(=O)c1ccc(C(CO)c2nc3c(F)c(-c4ccccc4)c(F)cc3[nH]2)cc1. The van der Waals surface area contributed by atoms with Crippen LogP contribution in [0.2, 0.25) is 0 Å². The number of nitrogens with one attached hydrogen (secondary N) is 1. The van der Waals surface area contributed by atoms with Crippen molar-refractivity contribution < 1.29 is 22.3 Å². The molecular formula is C23H20F2N2O3S. The molecule has 0 saturated carbocycles. The van der Waals surface area contributed by atoms with Gasteiger partial charge in [-0.3, -0.25) is 0 Å². The molecule has 0 fully saturated rings. The molecule has 0 amide bonds. The van der Waals surface area contributed by atoms with Crippen molar-refractivity contribution in [3.8, 4) is 11.1 Å². The maximum Gasteiger partial charge on any atom is 0.178 e. The number of benzene rings is 3. The van der Waals surface area contributed by atoms with Crippen LogP contribution in [0.1, 0.15) is 24.2 Å². The predicted octanol–water partition coefficient (Wildman–Crippen LogP) is 4.43. The molecule has 1 aromatic heterocycles. The molecule has 0 aliphatic rings. The lowest BCUT2D eigenvalue weighted by Gasteiger charge is -2.12. The van der Waals surface area contributed by atoms with E-state index in [1.165, 1.54) is 18.2 Å². The number of aliphatic hydroxyl groups excluding tert-OH is 1. The second kappa shape index (κ2) is 8.20. The van der Waals surface area contributed by atoms with Gasteiger partial charge in [0.15, 0.2) is 15.7 Å². The topological polar surface area (TPSA) is 83.1 Å². The number of H-pyrrole nitrogens is 1. The normalized spacial score (nSPS) is 12.9. The van der Waals surface area contributed by atoms with E-state index in [4.69, 9.17) is 0 Å². The molecule has 0 aliphatic carbocycles. The second-order valence-electron chi connectivity index (χ2n) is 7.14. The lowest BCUT2D eigenvalue weighted by molar-refractivity contribution is 0.277. The number of imidazole rings is 1. The Kier molecular flexibility index (Phi) is 5.60. The standard InChI is InChI=1S/C23H20F2N2O3S/c1-2-31(29,30)16-10-8-14(9-11-16)17(13-28)23-26-19-12-18(24)20(21(25)22(19)27-23)15-6-4-3-5-7-15/h3-12,17,28H,2,13H2,1H3,(H,26,27). The van der Waals surface area contributed by atoms with Crippen molar-refractivity contribution in [2.45, 2.75) is 17.7 Å². The smallest absolute Gasteiger partial charge is 0.178 e. The van der Waals surface area contributed by atoms with Crippen LogP contribution in [0.5, 0.6) is 0 Å². The molecule has 31 heavy (non-hydrogen) atoms. The van der Waals surface area contributed by atoms with E-state index in [0.29, 0.717) is 11.1 Å². The molecule has 160 valence electrons. The molecule has 0 bridgehead atoms. The Labute approximate surface area is 178 Å². The summed E-state index contributed by atoms with van der Waals surface area (Å²) >= 11 is 0. The molecule has 4 aromatic rings. The Morgan fingerprint density at radius 2 is 1.74 bits per heavy atom. The van der Waals surface area contributed by atoms with Gasteiger partial charge in [0.05, 0.1) is 34.3 Å². The molecule has 0 radical (unpaired) electrons. The van der Waals surface area contributed by atoms with Crippen molar-refractivity contribution in [1.29, 1.82) is 0 Å². The van der Waals surface area contributed by atoms with Gasteiger partial charge in [-0.1, -0.05) is 49.4 Å². The number of hydrogen-bond acceptors (Lipinski definition) is 4. The summed E-state index contributed by atoms with van der Waals surface area (Å²) in [4.78, 5) is 7.37. The first-order chi connectivity index (χ1) is 14.9. The molecular weight excluding hydrogens is 422 g/mol. The minimum atomic E-state index is -3.35. The predicted molar refractivity (Wildman–Crippen MR) is 115 cm³/mol. The molecule has 0 spiro atoms. The number of aromatic nitrogens is 2. The number of hydrogen-bond donors (Lipinski definition) is 2. The highest BCUT2D eigenvalue weighted by molar-refractivity contribution is 7.91. The van der Waals surface area contributed by atoms with E-state index in [0.717, 1.165) is 0 Å². The van der Waals surface area contributed by atoms with E-state index in [9.17, 15) is 17.9 Å². The van der Waals surface area contributed by atoms with E-state index in [1.807, 2.05) is 0 Å². The number of fused-ring (bicyclic) bond motifs is 1. The molecule has 1 unspecified atom stereocenters. The van der Waals surface area contributed by atoms with Crippen LogP contribution in [0.4, 0.5) is 8.78 Å². The van der Waals surface area contributed by atoms with Gasteiger partial charge in [-0.05, 0) is 23.3 Å². The summed E-state index contributed by atoms with van der Waals surface area (Å²) in [5.41, 5.74) is 0.976. The third-order valence-electron chi connectivity index (χ3n) is 5.28. The summed E-state index contributed by atoms with van der Waals surface area (Å²) in [7, 11) is -3.35. The zero-order valence-corrected chi connectivity index (χ0v) is 17.5. The third kappa shape index (κ3) is 3.84. The number of sulfone groups is 1. The second-order valence-corrected chi connectivity index (χ2v) is 9.42. The highest BCUT2D eigenvalue weighted by Gasteiger charge is 2.23. The molecule has 0 aliphatic heterocycles. The summed E-state index contributed by atoms with van der Waals surface area (Å²) in [6, 6.07) is 15.7. The van der Waals surface area contributed by atoms with Gasteiger partial charge in [-0.25, -0.2) is 22.2 Å². The first-order valence-electron chi connectivity index (χ1n) is 9.72. The van der Waals surface area contributed by atoms with Gasteiger partial charge in [0, 0.05) is 6.07 Å². The molecule has 2 N–H and O–H groups in total. The maximum absolute atomic E-state index is 15.2. The van der Waals surface area contributed by atoms with Crippen molar-refractivity contribution in [2.75, 3.05) is 12.4 Å². The minimum absolute atomic E-state index is 0.0199. The van der Waals surface area contributed by atoms with Gasteiger partial charge in [-0.15, -0.1) is 0 Å². The average molecular weight is 442 g/mol. The first kappa shape index (κ1) is 21.1. The molecule has 5 nitrogen and oxygen atoms in total. The van der Waals surface area contributed by atoms with Crippen molar-refractivity contribution in [2.24, 2.45) is 0 Å². The summed E-state index contributed by atoms with van der Waals surface area (Å²) < 4.78 is 53.9. The quantitative estimate of drug-likeness (QED) is 0.463. The highest BCUT2D eigenvalue weighted by atomic mass is 32.2. The first-order valence-corrected chi connectivity index (χ1v) is 11.4. The van der Waals surface area contributed by atoms with Crippen molar-refractivity contribution in [3.63, 3.8) is 0 Å². The molecule has 8 heteroatoms. The van der Waals surface area contributed by atoms with E-state index < -0.39 is 27.4 Å². The summed E-state index contributed by atoms with van der Waals surface area (Å²) in [5, 5.41) is 9.94. The fourth-order valence-electron chi connectivity index (χ4n) is 3.56. The Bertz CT molecular complexity index is 1340. The van der Waals surface area contributed by atoms with Crippen molar-refractivity contribution >= 4 is 20.9 Å². The summed E-state index contributed by atoms with van der Waals surface area (Å²) in [6.45, 7) is 1.21. The number of rotatable bonds is 6. The number of aliphatic hydroxyl groups is 1. The number of aromatic amines is 1. The van der Waals surface area contributed by atoms with Crippen LogP contribution in [0, 0.1) is 11.6 Å². The molecule has 1 heterocycles. The summed E-state index contributed by atoms with van der Waals surface area (Å²) in [6.07, 6.45) is 0. The maximum atomic E-state index is 15.2. The van der Waals surface area contributed by atoms with Crippen LogP contribution in [0.3, 0.4) is 0 Å². The largest absolute Gasteiger partial charge is 0.395 e. The Morgan fingerprint density at radius 1 is 1.06 bits per heavy atom. The van der Waals surface area contributed by atoms with Crippen LogP contribution in [-0.4, -0.2) is 35.9 Å². The van der Waals surface area contributed by atoms with E-state index >= 15 is 4.39 Å². The zero-order chi connectivity index (χ0) is 22.2. The molecule has 1 atom stereocenters. The van der Waals surface area contributed by atoms with Gasteiger partial charge < -0.3 is 10.1 Å². The fraction of sp³-hybridized carbons (Fsp3) is 0.174. The van der Waals surface area contributed by atoms with E-state index in [-0.39, 0.29) is 39.7 Å². The van der Waals surface area contributed by atoms with E-state index in [1.54, 1.807) is 49.4 Å². The Morgan fingerprint density at radius 3 is 2.35 bits per heavy atom. The number of nitrogens with zero attached hydrogens (tertiary/aromatic N) is 1. The van der Waals surface area contributed by atoms with Gasteiger partial charge in [0.25, 0.3) is 0 Å². The zero-order valence-electron chi connectivity index (χ0n) is 16.6. The molecule has 0 saturated heterocycles. The van der Waals surface area contributed by atoms with Crippen LogP contribution in [0.15, 0.2) is 65.6 Å². The lowest BCUT2D eigenvalue weighted by Crippen LogP contribution is -2.09. The van der Waals surface area contributed by atoms with Crippen molar-refractivity contribution in [1.82, 2.24) is 9.97 Å². The van der Waals surface area contributed by atoms with Gasteiger partial charge in [-0.2, -0.15) is 0 Å². The van der Waals surface area contributed by atoms with Gasteiger partial charge in [0.1, 0.15) is 17.2 Å². The minimum Gasteiger partial charge on any atom is -0.395 e.